The Labute approximate surface area is 128 Å². The van der Waals surface area contributed by atoms with Gasteiger partial charge in [-0.05, 0) is 44.5 Å². The van der Waals surface area contributed by atoms with Crippen LogP contribution in [0.1, 0.15) is 30.1 Å². The SMILES string of the molecule is CNC1CCCc2nc(-c3ccc(Cl)cc3Cl)ncc21. The summed E-state index contributed by atoms with van der Waals surface area (Å²) >= 11 is 12.2. The van der Waals surface area contributed by atoms with E-state index in [0.29, 0.717) is 21.9 Å². The van der Waals surface area contributed by atoms with Crippen molar-refractivity contribution < 1.29 is 0 Å². The van der Waals surface area contributed by atoms with Crippen LogP contribution in [0, 0.1) is 0 Å². The van der Waals surface area contributed by atoms with Gasteiger partial charge in [0.05, 0.1) is 5.02 Å². The van der Waals surface area contributed by atoms with E-state index in [0.717, 1.165) is 30.5 Å². The highest BCUT2D eigenvalue weighted by atomic mass is 35.5. The van der Waals surface area contributed by atoms with Crippen molar-refractivity contribution in [3.05, 3.63) is 45.7 Å². The van der Waals surface area contributed by atoms with Gasteiger partial charge >= 0.3 is 0 Å². The summed E-state index contributed by atoms with van der Waals surface area (Å²) in [6.45, 7) is 0. The van der Waals surface area contributed by atoms with E-state index >= 15 is 0 Å². The van der Waals surface area contributed by atoms with Crippen LogP contribution in [-0.2, 0) is 6.42 Å². The van der Waals surface area contributed by atoms with Crippen LogP contribution < -0.4 is 5.32 Å². The molecule has 1 aromatic heterocycles. The second-order valence-electron chi connectivity index (χ2n) is 4.95. The fraction of sp³-hybridized carbons (Fsp3) is 0.333. The molecule has 0 radical (unpaired) electrons. The quantitative estimate of drug-likeness (QED) is 0.909. The standard InChI is InChI=1S/C15H15Cl2N3/c1-18-13-3-2-4-14-11(13)8-19-15(20-14)10-6-5-9(16)7-12(10)17/h5-8,13,18H,2-4H2,1H3. The van der Waals surface area contributed by atoms with Gasteiger partial charge in [0.1, 0.15) is 0 Å². The monoisotopic (exact) mass is 307 g/mol. The first-order valence-electron chi connectivity index (χ1n) is 6.67. The first-order valence-corrected chi connectivity index (χ1v) is 7.43. The van der Waals surface area contributed by atoms with Gasteiger partial charge in [0.2, 0.25) is 0 Å². The molecule has 1 heterocycles. The summed E-state index contributed by atoms with van der Waals surface area (Å²) in [5.74, 6) is 0.669. The first-order chi connectivity index (χ1) is 9.69. The summed E-state index contributed by atoms with van der Waals surface area (Å²) in [6.07, 6.45) is 5.19. The Morgan fingerprint density at radius 3 is 2.90 bits per heavy atom. The van der Waals surface area contributed by atoms with Crippen molar-refractivity contribution >= 4 is 23.2 Å². The molecule has 0 amide bonds. The summed E-state index contributed by atoms with van der Waals surface area (Å²) in [5, 5.41) is 4.51. The number of rotatable bonds is 2. The number of hydrogen-bond acceptors (Lipinski definition) is 3. The van der Waals surface area contributed by atoms with Crippen LogP contribution in [0.3, 0.4) is 0 Å². The van der Waals surface area contributed by atoms with Crippen LogP contribution in [0.4, 0.5) is 0 Å². The highest BCUT2D eigenvalue weighted by Gasteiger charge is 2.21. The average molecular weight is 308 g/mol. The van der Waals surface area contributed by atoms with E-state index in [9.17, 15) is 0 Å². The molecular weight excluding hydrogens is 293 g/mol. The third-order valence-corrected chi connectivity index (χ3v) is 4.25. The molecule has 1 aromatic carbocycles. The molecule has 0 saturated heterocycles. The number of benzene rings is 1. The van der Waals surface area contributed by atoms with Crippen molar-refractivity contribution in [3.63, 3.8) is 0 Å². The Balaban J connectivity index is 2.04. The summed E-state index contributed by atoms with van der Waals surface area (Å²) < 4.78 is 0. The van der Waals surface area contributed by atoms with Gasteiger partial charge in [0.15, 0.2) is 5.82 Å². The lowest BCUT2D eigenvalue weighted by atomic mass is 9.92. The molecule has 104 valence electrons. The van der Waals surface area contributed by atoms with Crippen LogP contribution in [-0.4, -0.2) is 17.0 Å². The van der Waals surface area contributed by atoms with Gasteiger partial charge in [0.25, 0.3) is 0 Å². The smallest absolute Gasteiger partial charge is 0.160 e. The molecule has 0 aliphatic heterocycles. The molecule has 2 aromatic rings. The average Bonchev–Trinajstić information content (AvgIpc) is 2.46. The highest BCUT2D eigenvalue weighted by molar-refractivity contribution is 6.36. The van der Waals surface area contributed by atoms with Crippen LogP contribution >= 0.6 is 23.2 Å². The number of fused-ring (bicyclic) bond motifs is 1. The number of nitrogens with one attached hydrogen (secondary N) is 1. The highest BCUT2D eigenvalue weighted by Crippen LogP contribution is 2.32. The number of aryl methyl sites for hydroxylation is 1. The minimum absolute atomic E-state index is 0.355. The molecule has 3 nitrogen and oxygen atoms in total. The third-order valence-electron chi connectivity index (χ3n) is 3.70. The molecule has 1 atom stereocenters. The zero-order valence-electron chi connectivity index (χ0n) is 11.2. The van der Waals surface area contributed by atoms with Crippen molar-refractivity contribution in [1.82, 2.24) is 15.3 Å². The Morgan fingerprint density at radius 2 is 2.15 bits per heavy atom. The molecule has 0 bridgehead atoms. The lowest BCUT2D eigenvalue weighted by Crippen LogP contribution is -2.22. The molecule has 1 N–H and O–H groups in total. The fourth-order valence-electron chi connectivity index (χ4n) is 2.65. The van der Waals surface area contributed by atoms with Crippen molar-refractivity contribution in [1.29, 1.82) is 0 Å². The van der Waals surface area contributed by atoms with Crippen molar-refractivity contribution in [2.24, 2.45) is 0 Å². The molecule has 0 spiro atoms. The van der Waals surface area contributed by atoms with Gasteiger partial charge in [-0.1, -0.05) is 23.2 Å². The van der Waals surface area contributed by atoms with Gasteiger partial charge in [-0.2, -0.15) is 0 Å². The molecule has 5 heteroatoms. The van der Waals surface area contributed by atoms with E-state index in [2.05, 4.69) is 10.3 Å². The van der Waals surface area contributed by atoms with Gasteiger partial charge in [0, 0.05) is 34.1 Å². The van der Waals surface area contributed by atoms with Gasteiger partial charge < -0.3 is 5.32 Å². The zero-order chi connectivity index (χ0) is 14.1. The lowest BCUT2D eigenvalue weighted by Gasteiger charge is -2.24. The fourth-order valence-corrected chi connectivity index (χ4v) is 3.14. The predicted octanol–water partition coefficient (Wildman–Crippen LogP) is 4.05. The molecule has 20 heavy (non-hydrogen) atoms. The maximum absolute atomic E-state index is 6.23. The summed E-state index contributed by atoms with van der Waals surface area (Å²) in [6, 6.07) is 5.75. The van der Waals surface area contributed by atoms with E-state index in [4.69, 9.17) is 28.2 Å². The van der Waals surface area contributed by atoms with Crippen molar-refractivity contribution in [2.45, 2.75) is 25.3 Å². The Kier molecular flexibility index (Phi) is 3.92. The minimum atomic E-state index is 0.355. The molecular formula is C15H15Cl2N3. The van der Waals surface area contributed by atoms with Crippen LogP contribution in [0.5, 0.6) is 0 Å². The van der Waals surface area contributed by atoms with Gasteiger partial charge in [-0.3, -0.25) is 0 Å². The molecule has 3 rings (SSSR count). The topological polar surface area (TPSA) is 37.8 Å². The maximum atomic E-state index is 6.23. The van der Waals surface area contributed by atoms with E-state index in [1.807, 2.05) is 25.4 Å². The van der Waals surface area contributed by atoms with Crippen molar-refractivity contribution in [3.8, 4) is 11.4 Å². The Hall–Kier alpha value is -1.16. The van der Waals surface area contributed by atoms with Crippen LogP contribution in [0.15, 0.2) is 24.4 Å². The molecule has 0 fully saturated rings. The molecule has 1 unspecified atom stereocenters. The van der Waals surface area contributed by atoms with Crippen molar-refractivity contribution in [2.75, 3.05) is 7.05 Å². The minimum Gasteiger partial charge on any atom is -0.313 e. The molecule has 1 aliphatic rings. The van der Waals surface area contributed by atoms with Gasteiger partial charge in [-0.15, -0.1) is 0 Å². The van der Waals surface area contributed by atoms with E-state index in [1.54, 1.807) is 6.07 Å². The second-order valence-corrected chi connectivity index (χ2v) is 5.80. The normalized spacial score (nSPS) is 17.9. The molecule has 0 saturated carbocycles. The Morgan fingerprint density at radius 1 is 1.30 bits per heavy atom. The zero-order valence-corrected chi connectivity index (χ0v) is 12.7. The van der Waals surface area contributed by atoms with E-state index in [1.165, 1.54) is 5.56 Å². The predicted molar refractivity (Wildman–Crippen MR) is 82.2 cm³/mol. The summed E-state index contributed by atoms with van der Waals surface area (Å²) in [7, 11) is 1.98. The first kappa shape index (κ1) is 13.8. The maximum Gasteiger partial charge on any atom is 0.160 e. The van der Waals surface area contributed by atoms with Crippen LogP contribution in [0.2, 0.25) is 10.0 Å². The Bertz CT molecular complexity index is 643. The second kappa shape index (κ2) is 5.68. The largest absolute Gasteiger partial charge is 0.313 e. The van der Waals surface area contributed by atoms with E-state index in [-0.39, 0.29) is 0 Å². The van der Waals surface area contributed by atoms with E-state index < -0.39 is 0 Å². The molecule has 1 aliphatic carbocycles. The lowest BCUT2D eigenvalue weighted by molar-refractivity contribution is 0.488. The summed E-state index contributed by atoms with van der Waals surface area (Å²) in [5.41, 5.74) is 3.14. The number of halogens is 2. The number of aromatic nitrogens is 2. The van der Waals surface area contributed by atoms with Gasteiger partial charge in [-0.25, -0.2) is 9.97 Å². The number of hydrogen-bond donors (Lipinski definition) is 1. The number of nitrogens with zero attached hydrogens (tertiary/aromatic N) is 2. The summed E-state index contributed by atoms with van der Waals surface area (Å²) in [4.78, 5) is 9.17. The van der Waals surface area contributed by atoms with Crippen LogP contribution in [0.25, 0.3) is 11.4 Å². The third kappa shape index (κ3) is 2.53.